The number of rotatable bonds is 1. The van der Waals surface area contributed by atoms with Crippen LogP contribution in [-0.4, -0.2) is 28.8 Å². The zero-order valence-corrected chi connectivity index (χ0v) is 8.39. The molecule has 1 unspecified atom stereocenters. The third kappa shape index (κ3) is 2.27. The third-order valence-electron chi connectivity index (χ3n) is 2.51. The van der Waals surface area contributed by atoms with Crippen LogP contribution in [0.2, 0.25) is 0 Å². The number of likely N-dealkylation sites (tertiary alicyclic amines) is 1. The number of hydrogen-bond donors (Lipinski definition) is 2. The molecule has 0 aliphatic carbocycles. The lowest BCUT2D eigenvalue weighted by Gasteiger charge is -2.20. The van der Waals surface area contributed by atoms with Gasteiger partial charge in [-0.05, 0) is 25.0 Å². The van der Waals surface area contributed by atoms with Crippen LogP contribution >= 0.6 is 0 Å². The summed E-state index contributed by atoms with van der Waals surface area (Å²) in [6.07, 6.45) is 0.902. The van der Waals surface area contributed by atoms with E-state index in [0.29, 0.717) is 13.0 Å². The molecule has 0 saturated carbocycles. The summed E-state index contributed by atoms with van der Waals surface area (Å²) < 4.78 is 0. The van der Waals surface area contributed by atoms with Crippen molar-refractivity contribution in [2.75, 3.05) is 11.9 Å². The van der Waals surface area contributed by atoms with Crippen molar-refractivity contribution in [2.45, 2.75) is 19.1 Å². The molecule has 2 amide bonds. The van der Waals surface area contributed by atoms with Crippen LogP contribution in [0, 0.1) is 0 Å². The average molecular weight is 206 g/mol. The van der Waals surface area contributed by atoms with Gasteiger partial charge in [0.1, 0.15) is 6.23 Å². The third-order valence-corrected chi connectivity index (χ3v) is 2.51. The summed E-state index contributed by atoms with van der Waals surface area (Å²) in [5.41, 5.74) is 0.751. The minimum absolute atomic E-state index is 0.230. The van der Waals surface area contributed by atoms with E-state index < -0.39 is 6.23 Å². The number of urea groups is 1. The van der Waals surface area contributed by atoms with Gasteiger partial charge in [-0.15, -0.1) is 0 Å². The van der Waals surface area contributed by atoms with E-state index in [9.17, 15) is 9.90 Å². The molecular weight excluding hydrogens is 192 g/mol. The van der Waals surface area contributed by atoms with Gasteiger partial charge in [-0.3, -0.25) is 4.90 Å². The van der Waals surface area contributed by atoms with Gasteiger partial charge in [-0.1, -0.05) is 18.2 Å². The number of para-hydroxylation sites is 1. The topological polar surface area (TPSA) is 52.6 Å². The Labute approximate surface area is 88.5 Å². The molecule has 0 aromatic heterocycles. The second-order valence-electron chi connectivity index (χ2n) is 3.61. The fourth-order valence-electron chi connectivity index (χ4n) is 1.70. The molecule has 1 atom stereocenters. The molecule has 0 radical (unpaired) electrons. The van der Waals surface area contributed by atoms with E-state index in [1.807, 2.05) is 30.3 Å². The summed E-state index contributed by atoms with van der Waals surface area (Å²) in [5.74, 6) is 0. The molecule has 1 aromatic rings. The quantitative estimate of drug-likeness (QED) is 0.733. The average Bonchev–Trinajstić information content (AvgIpc) is 2.66. The Bertz CT molecular complexity index is 340. The molecule has 0 spiro atoms. The number of amides is 2. The van der Waals surface area contributed by atoms with Crippen molar-refractivity contribution in [3.63, 3.8) is 0 Å². The van der Waals surface area contributed by atoms with Crippen LogP contribution in [0.25, 0.3) is 0 Å². The first-order valence-electron chi connectivity index (χ1n) is 5.08. The maximum Gasteiger partial charge on any atom is 0.323 e. The highest BCUT2D eigenvalue weighted by molar-refractivity contribution is 5.89. The molecule has 1 aliphatic heterocycles. The molecule has 1 fully saturated rings. The van der Waals surface area contributed by atoms with Crippen molar-refractivity contribution < 1.29 is 9.90 Å². The van der Waals surface area contributed by atoms with Crippen LogP contribution < -0.4 is 5.32 Å². The van der Waals surface area contributed by atoms with Gasteiger partial charge >= 0.3 is 6.03 Å². The number of carbonyl (C=O) groups is 1. The highest BCUT2D eigenvalue weighted by Crippen LogP contribution is 2.16. The fraction of sp³-hybridized carbons (Fsp3) is 0.364. The standard InChI is InChI=1S/C11H14N2O2/c14-10-7-4-8-13(10)11(15)12-9-5-2-1-3-6-9/h1-3,5-6,10,14H,4,7-8H2,(H,12,15). The van der Waals surface area contributed by atoms with E-state index in [2.05, 4.69) is 5.32 Å². The predicted molar refractivity (Wildman–Crippen MR) is 57.4 cm³/mol. The van der Waals surface area contributed by atoms with Gasteiger partial charge < -0.3 is 10.4 Å². The molecule has 0 bridgehead atoms. The number of anilines is 1. The Morgan fingerprint density at radius 2 is 2.13 bits per heavy atom. The van der Waals surface area contributed by atoms with Crippen molar-refractivity contribution in [3.05, 3.63) is 30.3 Å². The van der Waals surface area contributed by atoms with E-state index in [-0.39, 0.29) is 6.03 Å². The summed E-state index contributed by atoms with van der Waals surface area (Å²) in [6, 6.07) is 9.01. The normalized spacial score (nSPS) is 20.3. The number of aliphatic hydroxyl groups excluding tert-OH is 1. The van der Waals surface area contributed by atoms with E-state index in [4.69, 9.17) is 0 Å². The number of hydrogen-bond acceptors (Lipinski definition) is 2. The number of benzene rings is 1. The molecule has 15 heavy (non-hydrogen) atoms. The smallest absolute Gasteiger partial charge is 0.323 e. The molecule has 4 nitrogen and oxygen atoms in total. The summed E-state index contributed by atoms with van der Waals surface area (Å²) in [6.45, 7) is 0.625. The van der Waals surface area contributed by atoms with Crippen molar-refractivity contribution in [2.24, 2.45) is 0 Å². The van der Waals surface area contributed by atoms with E-state index in [1.54, 1.807) is 0 Å². The van der Waals surface area contributed by atoms with Gasteiger partial charge in [0.05, 0.1) is 0 Å². The highest BCUT2D eigenvalue weighted by atomic mass is 16.3. The lowest BCUT2D eigenvalue weighted by molar-refractivity contribution is 0.0667. The first kappa shape index (κ1) is 9.98. The number of aliphatic hydroxyl groups is 1. The highest BCUT2D eigenvalue weighted by Gasteiger charge is 2.26. The first-order chi connectivity index (χ1) is 7.27. The molecule has 80 valence electrons. The molecule has 4 heteroatoms. The lowest BCUT2D eigenvalue weighted by atomic mass is 10.3. The maximum absolute atomic E-state index is 11.7. The van der Waals surface area contributed by atoms with Crippen LogP contribution in [0.5, 0.6) is 0 Å². The van der Waals surface area contributed by atoms with Crippen LogP contribution in [0.1, 0.15) is 12.8 Å². The van der Waals surface area contributed by atoms with Crippen LogP contribution in [-0.2, 0) is 0 Å². The van der Waals surface area contributed by atoms with Gasteiger partial charge in [0.2, 0.25) is 0 Å². The van der Waals surface area contributed by atoms with E-state index in [0.717, 1.165) is 12.1 Å². The van der Waals surface area contributed by atoms with Gasteiger partial charge in [-0.2, -0.15) is 0 Å². The fourth-order valence-corrected chi connectivity index (χ4v) is 1.70. The zero-order chi connectivity index (χ0) is 10.7. The monoisotopic (exact) mass is 206 g/mol. The summed E-state index contributed by atoms with van der Waals surface area (Å²) in [5, 5.41) is 12.2. The Morgan fingerprint density at radius 1 is 1.40 bits per heavy atom. The largest absolute Gasteiger partial charge is 0.373 e. The first-order valence-corrected chi connectivity index (χ1v) is 5.08. The number of nitrogens with zero attached hydrogens (tertiary/aromatic N) is 1. The second-order valence-corrected chi connectivity index (χ2v) is 3.61. The van der Waals surface area contributed by atoms with Crippen LogP contribution in [0.4, 0.5) is 10.5 Å². The van der Waals surface area contributed by atoms with E-state index in [1.165, 1.54) is 4.90 Å². The second kappa shape index (κ2) is 4.31. The SMILES string of the molecule is O=C(Nc1ccccc1)N1CCCC1O. The Hall–Kier alpha value is -1.55. The number of carbonyl (C=O) groups excluding carboxylic acids is 1. The molecule has 2 rings (SSSR count). The Balaban J connectivity index is 1.98. The van der Waals surface area contributed by atoms with Gasteiger partial charge in [0.25, 0.3) is 0 Å². The molecule has 1 aliphatic rings. The van der Waals surface area contributed by atoms with Crippen LogP contribution in [0.15, 0.2) is 30.3 Å². The summed E-state index contributed by atoms with van der Waals surface area (Å²) >= 11 is 0. The van der Waals surface area contributed by atoms with Crippen LogP contribution in [0.3, 0.4) is 0 Å². The van der Waals surface area contributed by atoms with Gasteiger partial charge in [0.15, 0.2) is 0 Å². The summed E-state index contributed by atoms with van der Waals surface area (Å²) in [4.78, 5) is 13.1. The molecule has 1 aromatic carbocycles. The Kier molecular flexibility index (Phi) is 2.87. The maximum atomic E-state index is 11.7. The Morgan fingerprint density at radius 3 is 2.73 bits per heavy atom. The molecular formula is C11H14N2O2. The summed E-state index contributed by atoms with van der Waals surface area (Å²) in [7, 11) is 0. The minimum atomic E-state index is -0.631. The van der Waals surface area contributed by atoms with Gasteiger partial charge in [0, 0.05) is 12.2 Å². The van der Waals surface area contributed by atoms with Crippen molar-refractivity contribution in [1.82, 2.24) is 4.90 Å². The van der Waals surface area contributed by atoms with Crippen molar-refractivity contribution >= 4 is 11.7 Å². The van der Waals surface area contributed by atoms with Gasteiger partial charge in [-0.25, -0.2) is 4.79 Å². The lowest BCUT2D eigenvalue weighted by Crippen LogP contribution is -2.38. The van der Waals surface area contributed by atoms with Crippen molar-refractivity contribution in [3.8, 4) is 0 Å². The molecule has 1 heterocycles. The zero-order valence-electron chi connectivity index (χ0n) is 8.39. The number of nitrogens with one attached hydrogen (secondary N) is 1. The predicted octanol–water partition coefficient (Wildman–Crippen LogP) is 1.63. The minimum Gasteiger partial charge on any atom is -0.373 e. The van der Waals surface area contributed by atoms with Crippen molar-refractivity contribution in [1.29, 1.82) is 0 Å². The molecule has 2 N–H and O–H groups in total. The molecule has 1 saturated heterocycles. The van der Waals surface area contributed by atoms with E-state index >= 15 is 0 Å².